The van der Waals surface area contributed by atoms with Crippen LogP contribution in [0.25, 0.3) is 0 Å². The molecule has 6 atom stereocenters. The largest absolute Gasteiger partial charge is 0.508 e. The topological polar surface area (TPSA) is 194 Å². The van der Waals surface area contributed by atoms with Gasteiger partial charge in [0.25, 0.3) is 0 Å². The Balaban J connectivity index is 1.94. The molecule has 2 amide bonds. The third-order valence-electron chi connectivity index (χ3n) is 8.16. The van der Waals surface area contributed by atoms with Gasteiger partial charge < -0.3 is 41.3 Å². The number of ketones is 2. The van der Waals surface area contributed by atoms with Gasteiger partial charge in [-0.1, -0.05) is 0 Å². The molecular weight excluding hydrogens is 496 g/mol. The number of aliphatic hydroxyl groups is 3. The van der Waals surface area contributed by atoms with Crippen LogP contribution in [0.2, 0.25) is 0 Å². The molecule has 2 unspecified atom stereocenters. The summed E-state index contributed by atoms with van der Waals surface area (Å²) in [5, 5.41) is 47.8. The van der Waals surface area contributed by atoms with E-state index in [9.17, 15) is 39.6 Å². The number of nitrogens with two attached hydrogens (primary N) is 1. The van der Waals surface area contributed by atoms with E-state index >= 15 is 0 Å². The van der Waals surface area contributed by atoms with Crippen LogP contribution in [0.15, 0.2) is 17.4 Å². The second kappa shape index (κ2) is 9.37. The van der Waals surface area contributed by atoms with Crippen molar-refractivity contribution >= 4 is 29.1 Å². The number of hydrogen-bond acceptors (Lipinski definition) is 10. The number of fused-ring (bicyclic) bond motifs is 3. The zero-order valence-corrected chi connectivity index (χ0v) is 22.0. The fraction of sp³-hybridized carbons (Fsp3) is 0.538. The molecule has 0 heterocycles. The van der Waals surface area contributed by atoms with E-state index in [1.54, 1.807) is 44.1 Å². The molecule has 0 spiro atoms. The van der Waals surface area contributed by atoms with Gasteiger partial charge in [-0.05, 0) is 44.5 Å². The molecule has 3 aliphatic carbocycles. The summed E-state index contributed by atoms with van der Waals surface area (Å²) in [6, 6.07) is 0.746. The summed E-state index contributed by atoms with van der Waals surface area (Å²) in [6.45, 7) is 1.27. The number of phenols is 1. The highest BCUT2D eigenvalue weighted by molar-refractivity contribution is 6.16. The molecule has 206 valence electrons. The number of benzene rings is 1. The normalized spacial score (nSPS) is 30.5. The first kappa shape index (κ1) is 27.6. The fourth-order valence-electron chi connectivity index (χ4n) is 6.46. The first-order valence-corrected chi connectivity index (χ1v) is 12.3. The summed E-state index contributed by atoms with van der Waals surface area (Å²) in [4.78, 5) is 54.3. The molecule has 1 saturated carbocycles. The van der Waals surface area contributed by atoms with Gasteiger partial charge in [-0.15, -0.1) is 0 Å². The maximum absolute atomic E-state index is 13.9. The zero-order chi connectivity index (χ0) is 28.4. The van der Waals surface area contributed by atoms with Crippen molar-refractivity contribution in [1.29, 1.82) is 0 Å². The minimum atomic E-state index is -2.64. The van der Waals surface area contributed by atoms with Gasteiger partial charge in [0.2, 0.25) is 11.8 Å². The van der Waals surface area contributed by atoms with Gasteiger partial charge in [0.05, 0.1) is 11.7 Å². The second-order valence-electron chi connectivity index (χ2n) is 10.9. The van der Waals surface area contributed by atoms with Crippen LogP contribution in [0, 0.1) is 17.8 Å². The van der Waals surface area contributed by atoms with Crippen molar-refractivity contribution < 1.29 is 39.6 Å². The van der Waals surface area contributed by atoms with Gasteiger partial charge in [-0.2, -0.15) is 0 Å². The van der Waals surface area contributed by atoms with Crippen LogP contribution in [-0.4, -0.2) is 94.6 Å². The number of likely N-dealkylation sites (N-methyl/N-ethyl adjacent to an activating group) is 1. The second-order valence-corrected chi connectivity index (χ2v) is 10.9. The Morgan fingerprint density at radius 1 is 1.18 bits per heavy atom. The lowest BCUT2D eigenvalue weighted by Crippen LogP contribution is -2.71. The lowest BCUT2D eigenvalue weighted by molar-refractivity contribution is -0.178. The fourth-order valence-corrected chi connectivity index (χ4v) is 6.46. The number of primary amides is 1. The Hall–Kier alpha value is -3.48. The van der Waals surface area contributed by atoms with Gasteiger partial charge in [-0.25, -0.2) is 0 Å². The van der Waals surface area contributed by atoms with E-state index in [1.165, 1.54) is 6.92 Å². The standard InChI is InChI=1S/C26H34N4O8/c1-10(31)28-9-12-8-15(29(2)3)13-6-11-7-14-19(30(4)5)22(34)18(25(27)37)24(36)26(14,38)23(35)16(11)21(33)17(13)20(12)32/h8,11,14,18-19,22,32,34-35,38H,6-7,9H2,1-5H3,(H2,27,37)(H,28,31)/t11-,14-,18+,19?,22?,26-/m0/s1. The molecule has 12 heteroatoms. The van der Waals surface area contributed by atoms with Gasteiger partial charge in [0, 0.05) is 56.3 Å². The highest BCUT2D eigenvalue weighted by Gasteiger charge is 2.66. The zero-order valence-electron chi connectivity index (χ0n) is 22.0. The Kier molecular flexibility index (Phi) is 6.79. The highest BCUT2D eigenvalue weighted by Crippen LogP contribution is 2.53. The van der Waals surface area contributed by atoms with Crippen LogP contribution < -0.4 is 16.0 Å². The van der Waals surface area contributed by atoms with Crippen molar-refractivity contribution in [3.8, 4) is 5.75 Å². The number of nitrogens with one attached hydrogen (secondary N) is 1. The van der Waals surface area contributed by atoms with E-state index in [0.29, 0.717) is 11.3 Å². The van der Waals surface area contributed by atoms with E-state index in [4.69, 9.17) is 5.73 Å². The molecule has 0 aliphatic heterocycles. The van der Waals surface area contributed by atoms with Crippen LogP contribution in [-0.2, 0) is 27.3 Å². The van der Waals surface area contributed by atoms with E-state index in [-0.39, 0.29) is 47.7 Å². The number of aromatic hydroxyl groups is 1. The SMILES string of the molecule is CC(=O)NCc1cc(N(C)C)c2c(c1O)C(=O)C1=C(O)[C@]3(O)C(=O)[C@H](C(N)=O)C(O)C(N(C)C)[C@@H]3C[C@@H]1C2. The third kappa shape index (κ3) is 3.86. The monoisotopic (exact) mass is 530 g/mol. The Labute approximate surface area is 219 Å². The van der Waals surface area contributed by atoms with Crippen LogP contribution in [0.1, 0.15) is 34.8 Å². The summed E-state index contributed by atoms with van der Waals surface area (Å²) < 4.78 is 0. The van der Waals surface area contributed by atoms with Crippen LogP contribution in [0.5, 0.6) is 5.75 Å². The van der Waals surface area contributed by atoms with Crippen molar-refractivity contribution in [1.82, 2.24) is 10.2 Å². The number of phenolic OH excluding ortho intramolecular Hbond substituents is 1. The molecule has 1 aromatic rings. The van der Waals surface area contributed by atoms with E-state index in [2.05, 4.69) is 5.32 Å². The molecule has 1 fully saturated rings. The first-order valence-electron chi connectivity index (χ1n) is 12.3. The molecule has 3 aliphatic rings. The number of carbonyl (C=O) groups excluding carboxylic acids is 4. The van der Waals surface area contributed by atoms with Crippen LogP contribution >= 0.6 is 0 Å². The Morgan fingerprint density at radius 2 is 1.82 bits per heavy atom. The summed E-state index contributed by atoms with van der Waals surface area (Å²) in [6.07, 6.45) is -1.29. The molecule has 12 nitrogen and oxygen atoms in total. The van der Waals surface area contributed by atoms with Crippen LogP contribution in [0.4, 0.5) is 5.69 Å². The molecule has 0 radical (unpaired) electrons. The van der Waals surface area contributed by atoms with Crippen molar-refractivity contribution in [3.63, 3.8) is 0 Å². The lowest BCUT2D eigenvalue weighted by Gasteiger charge is -2.53. The van der Waals surface area contributed by atoms with Gasteiger partial charge in [0.15, 0.2) is 17.2 Å². The molecule has 4 rings (SSSR count). The van der Waals surface area contributed by atoms with Gasteiger partial charge in [0.1, 0.15) is 17.4 Å². The maximum Gasteiger partial charge on any atom is 0.230 e. The molecule has 0 bridgehead atoms. The number of anilines is 1. The molecule has 0 saturated heterocycles. The molecule has 38 heavy (non-hydrogen) atoms. The molecule has 0 aromatic heterocycles. The van der Waals surface area contributed by atoms with E-state index in [0.717, 1.165) is 0 Å². The van der Waals surface area contributed by atoms with Gasteiger partial charge >= 0.3 is 0 Å². The number of allylic oxidation sites excluding steroid dienone is 1. The lowest BCUT2D eigenvalue weighted by atomic mass is 9.56. The minimum absolute atomic E-state index is 0.0411. The van der Waals surface area contributed by atoms with E-state index in [1.807, 2.05) is 0 Å². The van der Waals surface area contributed by atoms with Crippen LogP contribution in [0.3, 0.4) is 0 Å². The number of hydrogen-bond donors (Lipinski definition) is 6. The van der Waals surface area contributed by atoms with Crippen molar-refractivity contribution in [2.24, 2.45) is 23.5 Å². The van der Waals surface area contributed by atoms with E-state index < -0.39 is 58.7 Å². The molecule has 7 N–H and O–H groups in total. The molecule has 1 aromatic carbocycles. The Morgan fingerprint density at radius 3 is 2.34 bits per heavy atom. The highest BCUT2D eigenvalue weighted by atomic mass is 16.4. The van der Waals surface area contributed by atoms with Crippen molar-refractivity contribution in [2.75, 3.05) is 33.1 Å². The number of Topliss-reactive ketones (excluding diaryl/α,β-unsaturated/α-hetero) is 2. The summed E-state index contributed by atoms with van der Waals surface area (Å²) >= 11 is 0. The Bertz CT molecular complexity index is 1270. The summed E-state index contributed by atoms with van der Waals surface area (Å²) in [7, 11) is 6.76. The number of amides is 2. The van der Waals surface area contributed by atoms with Gasteiger partial charge in [-0.3, -0.25) is 19.2 Å². The first-order chi connectivity index (χ1) is 17.6. The van der Waals surface area contributed by atoms with Crippen molar-refractivity contribution in [3.05, 3.63) is 34.1 Å². The number of rotatable bonds is 5. The predicted molar refractivity (Wildman–Crippen MR) is 135 cm³/mol. The smallest absolute Gasteiger partial charge is 0.230 e. The third-order valence-corrected chi connectivity index (χ3v) is 8.16. The maximum atomic E-state index is 13.9. The number of nitrogens with zero attached hydrogens (tertiary/aromatic N) is 2. The average Bonchev–Trinajstić information content (AvgIpc) is 2.80. The summed E-state index contributed by atoms with van der Waals surface area (Å²) in [5.41, 5.74) is 3.89. The average molecular weight is 531 g/mol. The number of carbonyl (C=O) groups is 4. The number of aliphatic hydroxyl groups excluding tert-OH is 2. The van der Waals surface area contributed by atoms with Crippen molar-refractivity contribution in [2.45, 2.75) is 44.1 Å². The predicted octanol–water partition coefficient (Wildman–Crippen LogP) is -1.01. The minimum Gasteiger partial charge on any atom is -0.508 e. The quantitative estimate of drug-likeness (QED) is 0.257. The summed E-state index contributed by atoms with van der Waals surface area (Å²) in [5.74, 6) is -8.17. The molecular formula is C26H34N4O8.